The van der Waals surface area contributed by atoms with Crippen molar-refractivity contribution in [1.29, 1.82) is 0 Å². The van der Waals surface area contributed by atoms with Gasteiger partial charge in [0.2, 0.25) is 0 Å². The second-order valence-electron chi connectivity index (χ2n) is 11.7. The van der Waals surface area contributed by atoms with Crippen LogP contribution in [0, 0.1) is 0 Å². The second-order valence-corrected chi connectivity index (χ2v) is 12.7. The van der Waals surface area contributed by atoms with E-state index >= 15 is 0 Å². The highest BCUT2D eigenvalue weighted by Crippen LogP contribution is 2.39. The largest absolute Gasteiger partial charge is 0.309 e. The molecule has 10 rings (SSSR count). The first-order valence-corrected chi connectivity index (χ1v) is 16.0. The van der Waals surface area contributed by atoms with Gasteiger partial charge in [-0.05, 0) is 71.8 Å². The Morgan fingerprint density at radius 1 is 0.400 bits per heavy atom. The number of hydrogen-bond donors (Lipinski definition) is 0. The van der Waals surface area contributed by atoms with Gasteiger partial charge in [0.25, 0.3) is 0 Å². The molecule has 0 saturated carbocycles. The van der Waals surface area contributed by atoms with Crippen molar-refractivity contribution in [3.05, 3.63) is 152 Å². The molecule has 0 N–H and O–H groups in total. The van der Waals surface area contributed by atoms with Crippen LogP contribution in [0.1, 0.15) is 0 Å². The molecule has 3 nitrogen and oxygen atoms in total. The van der Waals surface area contributed by atoms with Crippen LogP contribution in [0.5, 0.6) is 0 Å². The van der Waals surface area contributed by atoms with Crippen LogP contribution in [-0.4, -0.2) is 14.1 Å². The fourth-order valence-electron chi connectivity index (χ4n) is 7.19. The molecule has 0 spiro atoms. The molecule has 0 radical (unpaired) electrons. The zero-order valence-corrected chi connectivity index (χ0v) is 25.0. The van der Waals surface area contributed by atoms with Crippen LogP contribution in [-0.2, 0) is 0 Å². The summed E-state index contributed by atoms with van der Waals surface area (Å²) in [5, 5.41) is 7.62. The van der Waals surface area contributed by atoms with E-state index in [0.717, 1.165) is 5.69 Å². The Bertz CT molecular complexity index is 2710. The van der Waals surface area contributed by atoms with Crippen LogP contribution in [0.2, 0.25) is 0 Å². The average molecular weight is 592 g/mol. The maximum atomic E-state index is 4.35. The topological polar surface area (TPSA) is 22.8 Å². The molecule has 10 aromatic rings. The van der Waals surface area contributed by atoms with Crippen molar-refractivity contribution in [2.45, 2.75) is 0 Å². The SMILES string of the molecule is c1ccc2c(c1)c1ccccc1n2-c1ccc(-c2ccc3c4ccccc4n(-c4ccc5sc6cnccc6c5c4)c3c2)cc1. The van der Waals surface area contributed by atoms with Crippen LogP contribution in [0.25, 0.3) is 86.3 Å². The number of thiophene rings is 1. The van der Waals surface area contributed by atoms with Gasteiger partial charge in [0, 0.05) is 60.8 Å². The van der Waals surface area contributed by atoms with Gasteiger partial charge in [0.1, 0.15) is 0 Å². The fraction of sp³-hybridized carbons (Fsp3) is 0. The molecular formula is C41H25N3S. The zero-order valence-electron chi connectivity index (χ0n) is 24.2. The Kier molecular flexibility index (Phi) is 5.16. The van der Waals surface area contributed by atoms with Crippen LogP contribution in [0.15, 0.2) is 152 Å². The van der Waals surface area contributed by atoms with E-state index in [-0.39, 0.29) is 0 Å². The summed E-state index contributed by atoms with van der Waals surface area (Å²) in [6, 6.07) is 51.0. The van der Waals surface area contributed by atoms with Crippen LogP contribution in [0.4, 0.5) is 0 Å². The van der Waals surface area contributed by atoms with Crippen LogP contribution < -0.4 is 0 Å². The van der Waals surface area contributed by atoms with E-state index in [1.165, 1.54) is 80.6 Å². The van der Waals surface area contributed by atoms with Gasteiger partial charge < -0.3 is 9.13 Å². The number of aromatic nitrogens is 3. The molecule has 0 amide bonds. The lowest BCUT2D eigenvalue weighted by Crippen LogP contribution is -1.94. The molecular weight excluding hydrogens is 567 g/mol. The first-order chi connectivity index (χ1) is 22.3. The molecule has 4 heteroatoms. The van der Waals surface area contributed by atoms with Crippen molar-refractivity contribution in [1.82, 2.24) is 14.1 Å². The number of rotatable bonds is 3. The minimum atomic E-state index is 1.16. The fourth-order valence-corrected chi connectivity index (χ4v) is 8.24. The molecule has 0 unspecified atom stereocenters. The number of para-hydroxylation sites is 3. The molecule has 0 aliphatic heterocycles. The lowest BCUT2D eigenvalue weighted by Gasteiger charge is -2.11. The third-order valence-electron chi connectivity index (χ3n) is 9.23. The quantitative estimate of drug-likeness (QED) is 0.200. The maximum Gasteiger partial charge on any atom is 0.0547 e. The molecule has 4 aromatic heterocycles. The smallest absolute Gasteiger partial charge is 0.0547 e. The van der Waals surface area contributed by atoms with Crippen molar-refractivity contribution in [3.63, 3.8) is 0 Å². The van der Waals surface area contributed by atoms with E-state index in [1.54, 1.807) is 11.3 Å². The van der Waals surface area contributed by atoms with Crippen molar-refractivity contribution >= 4 is 75.1 Å². The van der Waals surface area contributed by atoms with Crippen molar-refractivity contribution in [2.24, 2.45) is 0 Å². The van der Waals surface area contributed by atoms with Crippen molar-refractivity contribution < 1.29 is 0 Å². The number of hydrogen-bond acceptors (Lipinski definition) is 2. The normalized spacial score (nSPS) is 12.0. The van der Waals surface area contributed by atoms with E-state index < -0.39 is 0 Å². The molecule has 0 fully saturated rings. The molecule has 45 heavy (non-hydrogen) atoms. The van der Waals surface area contributed by atoms with Gasteiger partial charge in [-0.1, -0.05) is 78.9 Å². The maximum absolute atomic E-state index is 4.35. The summed E-state index contributed by atoms with van der Waals surface area (Å²) in [5.74, 6) is 0. The summed E-state index contributed by atoms with van der Waals surface area (Å²) in [7, 11) is 0. The van der Waals surface area contributed by atoms with Crippen LogP contribution >= 0.6 is 11.3 Å². The van der Waals surface area contributed by atoms with E-state index in [2.05, 4.69) is 154 Å². The summed E-state index contributed by atoms with van der Waals surface area (Å²) in [6.45, 7) is 0. The van der Waals surface area contributed by atoms with Gasteiger partial charge >= 0.3 is 0 Å². The van der Waals surface area contributed by atoms with Crippen LogP contribution in [0.3, 0.4) is 0 Å². The van der Waals surface area contributed by atoms with Gasteiger partial charge in [-0.15, -0.1) is 11.3 Å². The van der Waals surface area contributed by atoms with Gasteiger partial charge in [0.15, 0.2) is 0 Å². The van der Waals surface area contributed by atoms with E-state index in [0.29, 0.717) is 0 Å². The Hall–Kier alpha value is -5.71. The van der Waals surface area contributed by atoms with Crippen molar-refractivity contribution in [2.75, 3.05) is 0 Å². The third kappa shape index (κ3) is 3.60. The second kappa shape index (κ2) is 9.39. The highest BCUT2D eigenvalue weighted by Gasteiger charge is 2.16. The molecule has 4 heterocycles. The minimum absolute atomic E-state index is 1.16. The summed E-state index contributed by atoms with van der Waals surface area (Å²) < 4.78 is 7.30. The molecule has 0 aliphatic carbocycles. The Labute approximate surface area is 262 Å². The number of benzene rings is 6. The number of nitrogens with zero attached hydrogens (tertiary/aromatic N) is 3. The van der Waals surface area contributed by atoms with E-state index in [4.69, 9.17) is 0 Å². The molecule has 6 aromatic carbocycles. The van der Waals surface area contributed by atoms with E-state index in [1.807, 2.05) is 12.4 Å². The first kappa shape index (κ1) is 24.7. The van der Waals surface area contributed by atoms with E-state index in [9.17, 15) is 0 Å². The predicted molar refractivity (Wildman–Crippen MR) is 191 cm³/mol. The molecule has 0 aliphatic rings. The molecule has 0 saturated heterocycles. The minimum Gasteiger partial charge on any atom is -0.309 e. The third-order valence-corrected chi connectivity index (χ3v) is 10.3. The summed E-state index contributed by atoms with van der Waals surface area (Å²) in [5.41, 5.74) is 9.61. The Morgan fingerprint density at radius 3 is 1.67 bits per heavy atom. The monoisotopic (exact) mass is 591 g/mol. The summed E-state index contributed by atoms with van der Waals surface area (Å²) in [4.78, 5) is 4.35. The predicted octanol–water partition coefficient (Wildman–Crippen LogP) is 11.3. The van der Waals surface area contributed by atoms with Gasteiger partial charge in [-0.2, -0.15) is 0 Å². The first-order valence-electron chi connectivity index (χ1n) is 15.2. The van der Waals surface area contributed by atoms with Gasteiger partial charge in [0.05, 0.1) is 26.8 Å². The number of pyridine rings is 1. The summed E-state index contributed by atoms with van der Waals surface area (Å²) in [6.07, 6.45) is 3.86. The van der Waals surface area contributed by atoms with Crippen molar-refractivity contribution in [3.8, 4) is 22.5 Å². The highest BCUT2D eigenvalue weighted by molar-refractivity contribution is 7.25. The van der Waals surface area contributed by atoms with Gasteiger partial charge in [-0.25, -0.2) is 0 Å². The molecule has 210 valence electrons. The molecule has 0 atom stereocenters. The average Bonchev–Trinajstić information content (AvgIpc) is 3.75. The lowest BCUT2D eigenvalue weighted by molar-refractivity contribution is 1.18. The standard InChI is InChI=1S/C41H25N3S/c1-4-10-36-30(7-1)31-8-2-5-11-37(31)43(36)28-16-13-26(14-17-28)27-15-19-33-32-9-3-6-12-38(32)44(39(33)23-27)29-18-20-40-35(24-29)34-21-22-42-25-41(34)45-40/h1-25H. The zero-order chi connectivity index (χ0) is 29.5. The Balaban J connectivity index is 1.14. The number of fused-ring (bicyclic) bond motifs is 9. The Morgan fingerprint density at radius 2 is 0.978 bits per heavy atom. The molecule has 0 bridgehead atoms. The van der Waals surface area contributed by atoms with Gasteiger partial charge in [-0.3, -0.25) is 4.98 Å². The lowest BCUT2D eigenvalue weighted by atomic mass is 10.0. The summed E-state index contributed by atoms with van der Waals surface area (Å²) >= 11 is 1.80. The highest BCUT2D eigenvalue weighted by atomic mass is 32.1.